The Morgan fingerprint density at radius 1 is 1.08 bits per heavy atom. The largest absolute Gasteiger partial charge is 0.417 e. The van der Waals surface area contributed by atoms with Gasteiger partial charge in [-0.3, -0.25) is 4.79 Å². The highest BCUT2D eigenvalue weighted by molar-refractivity contribution is 5.95. The number of rotatable bonds is 4. The van der Waals surface area contributed by atoms with Crippen LogP contribution in [0.4, 0.5) is 17.6 Å². The van der Waals surface area contributed by atoms with Crippen molar-refractivity contribution >= 4 is 5.91 Å². The Kier molecular flexibility index (Phi) is 4.65. The lowest BCUT2D eigenvalue weighted by Gasteiger charge is -2.12. The van der Waals surface area contributed by atoms with Crippen molar-refractivity contribution in [1.29, 1.82) is 0 Å². The number of halogens is 4. The zero-order chi connectivity index (χ0) is 18.7. The van der Waals surface area contributed by atoms with Crippen molar-refractivity contribution < 1.29 is 22.4 Å². The first kappa shape index (κ1) is 17.5. The van der Waals surface area contributed by atoms with E-state index in [4.69, 9.17) is 0 Å². The Bertz CT molecular complexity index is 921. The summed E-state index contributed by atoms with van der Waals surface area (Å²) in [5.41, 5.74) is -1.09. The van der Waals surface area contributed by atoms with Gasteiger partial charge in [0.15, 0.2) is 5.82 Å². The molecule has 1 amide bonds. The predicted molar refractivity (Wildman–Crippen MR) is 81.7 cm³/mol. The van der Waals surface area contributed by atoms with Crippen molar-refractivity contribution in [1.82, 2.24) is 25.5 Å². The van der Waals surface area contributed by atoms with Crippen molar-refractivity contribution in [3.05, 3.63) is 71.3 Å². The zero-order valence-corrected chi connectivity index (χ0v) is 13.0. The average Bonchev–Trinajstić information content (AvgIpc) is 3.08. The van der Waals surface area contributed by atoms with Gasteiger partial charge in [0.25, 0.3) is 5.91 Å². The van der Waals surface area contributed by atoms with Gasteiger partial charge in [0.1, 0.15) is 5.82 Å². The van der Waals surface area contributed by atoms with Crippen molar-refractivity contribution in [2.45, 2.75) is 12.7 Å². The van der Waals surface area contributed by atoms with E-state index < -0.39 is 29.0 Å². The van der Waals surface area contributed by atoms with E-state index in [-0.39, 0.29) is 12.4 Å². The Hall–Kier alpha value is -3.30. The van der Waals surface area contributed by atoms with E-state index >= 15 is 0 Å². The van der Waals surface area contributed by atoms with Crippen LogP contribution in [0.15, 0.2) is 48.5 Å². The van der Waals surface area contributed by atoms with Gasteiger partial charge < -0.3 is 5.32 Å². The monoisotopic (exact) mass is 365 g/mol. The van der Waals surface area contributed by atoms with Crippen LogP contribution >= 0.6 is 0 Å². The number of aromatic nitrogens is 4. The second-order valence-electron chi connectivity index (χ2n) is 5.21. The molecule has 1 aromatic heterocycles. The van der Waals surface area contributed by atoms with E-state index in [0.29, 0.717) is 5.69 Å². The molecule has 0 saturated heterocycles. The standard InChI is InChI=1S/C16H11F4N5O/c17-10-5-7-11(8-6-10)25-14(22-23-24-25)9-21-15(26)12-3-1-2-4-13(12)16(18,19)20/h1-8H,9H2,(H,21,26). The lowest BCUT2D eigenvalue weighted by molar-refractivity contribution is -0.137. The number of amides is 1. The second kappa shape index (κ2) is 6.90. The minimum absolute atomic E-state index is 0.175. The molecular weight excluding hydrogens is 354 g/mol. The molecule has 0 aliphatic heterocycles. The number of hydrogen-bond acceptors (Lipinski definition) is 4. The smallest absolute Gasteiger partial charge is 0.345 e. The molecule has 0 spiro atoms. The Morgan fingerprint density at radius 3 is 2.46 bits per heavy atom. The number of benzene rings is 2. The first-order valence-corrected chi connectivity index (χ1v) is 7.34. The molecule has 0 aliphatic rings. The molecule has 0 atom stereocenters. The fraction of sp³-hybridized carbons (Fsp3) is 0.125. The molecule has 0 radical (unpaired) electrons. The third-order valence-electron chi connectivity index (χ3n) is 3.49. The van der Waals surface area contributed by atoms with Gasteiger partial charge in [-0.25, -0.2) is 4.39 Å². The van der Waals surface area contributed by atoms with Crippen LogP contribution < -0.4 is 5.32 Å². The molecule has 1 heterocycles. The molecule has 0 unspecified atom stereocenters. The lowest BCUT2D eigenvalue weighted by Crippen LogP contribution is -2.27. The number of alkyl halides is 3. The summed E-state index contributed by atoms with van der Waals surface area (Å²) in [7, 11) is 0. The van der Waals surface area contributed by atoms with Crippen LogP contribution in [0.2, 0.25) is 0 Å². The fourth-order valence-electron chi connectivity index (χ4n) is 2.28. The number of carbonyl (C=O) groups excluding carboxylic acids is 1. The molecule has 26 heavy (non-hydrogen) atoms. The maximum Gasteiger partial charge on any atom is 0.417 e. The molecule has 134 valence electrons. The number of carbonyl (C=O) groups is 1. The van der Waals surface area contributed by atoms with Crippen molar-refractivity contribution in [3.63, 3.8) is 0 Å². The van der Waals surface area contributed by atoms with Gasteiger partial charge in [0, 0.05) is 0 Å². The van der Waals surface area contributed by atoms with Gasteiger partial charge in [-0.15, -0.1) is 5.10 Å². The summed E-state index contributed by atoms with van der Waals surface area (Å²) >= 11 is 0. The first-order valence-electron chi connectivity index (χ1n) is 7.34. The summed E-state index contributed by atoms with van der Waals surface area (Å²) < 4.78 is 53.2. The van der Waals surface area contributed by atoms with Crippen molar-refractivity contribution in [2.24, 2.45) is 0 Å². The van der Waals surface area contributed by atoms with E-state index in [1.807, 2.05) is 0 Å². The van der Waals surface area contributed by atoms with Crippen molar-refractivity contribution in [2.75, 3.05) is 0 Å². The zero-order valence-electron chi connectivity index (χ0n) is 13.0. The molecule has 0 saturated carbocycles. The van der Waals surface area contributed by atoms with Crippen molar-refractivity contribution in [3.8, 4) is 5.69 Å². The van der Waals surface area contributed by atoms with Gasteiger partial charge in [-0.1, -0.05) is 12.1 Å². The lowest BCUT2D eigenvalue weighted by atomic mass is 10.1. The second-order valence-corrected chi connectivity index (χ2v) is 5.21. The van der Waals surface area contributed by atoms with Crippen LogP contribution in [0.5, 0.6) is 0 Å². The van der Waals surface area contributed by atoms with Gasteiger partial charge >= 0.3 is 6.18 Å². The normalized spacial score (nSPS) is 11.4. The quantitative estimate of drug-likeness (QED) is 0.722. The van der Waals surface area contributed by atoms with Crippen LogP contribution in [-0.4, -0.2) is 26.1 Å². The molecule has 2 aromatic carbocycles. The minimum Gasteiger partial charge on any atom is -0.345 e. The summed E-state index contributed by atoms with van der Waals surface area (Å²) in [4.78, 5) is 12.2. The summed E-state index contributed by atoms with van der Waals surface area (Å²) in [6.07, 6.45) is -4.65. The topological polar surface area (TPSA) is 72.7 Å². The van der Waals surface area contributed by atoms with Crippen LogP contribution in [-0.2, 0) is 12.7 Å². The number of nitrogens with one attached hydrogen (secondary N) is 1. The molecule has 6 nitrogen and oxygen atoms in total. The fourth-order valence-corrected chi connectivity index (χ4v) is 2.28. The van der Waals surface area contributed by atoms with Gasteiger partial charge in [-0.2, -0.15) is 17.9 Å². The SMILES string of the molecule is O=C(NCc1nnnn1-c1ccc(F)cc1)c1ccccc1C(F)(F)F. The molecule has 0 aliphatic carbocycles. The minimum atomic E-state index is -4.65. The highest BCUT2D eigenvalue weighted by Crippen LogP contribution is 2.31. The average molecular weight is 365 g/mol. The third-order valence-corrected chi connectivity index (χ3v) is 3.49. The Morgan fingerprint density at radius 2 is 1.77 bits per heavy atom. The Labute approximate surface area is 144 Å². The van der Waals surface area contributed by atoms with E-state index in [1.165, 1.54) is 41.1 Å². The summed E-state index contributed by atoms with van der Waals surface area (Å²) in [6.45, 7) is -0.213. The van der Waals surface area contributed by atoms with E-state index in [0.717, 1.165) is 12.1 Å². The molecule has 3 aromatic rings. The maximum atomic E-state index is 13.0. The summed E-state index contributed by atoms with van der Waals surface area (Å²) in [5.74, 6) is -1.18. The van der Waals surface area contributed by atoms with E-state index in [9.17, 15) is 22.4 Å². The number of nitrogens with zero attached hydrogens (tertiary/aromatic N) is 4. The molecule has 0 fully saturated rings. The first-order chi connectivity index (χ1) is 12.4. The Balaban J connectivity index is 1.78. The molecule has 3 rings (SSSR count). The van der Waals surface area contributed by atoms with Crippen LogP contribution in [0.25, 0.3) is 5.69 Å². The van der Waals surface area contributed by atoms with E-state index in [1.54, 1.807) is 0 Å². The highest BCUT2D eigenvalue weighted by Gasteiger charge is 2.34. The predicted octanol–water partition coefficient (Wildman–Crippen LogP) is 2.75. The summed E-state index contributed by atoms with van der Waals surface area (Å²) in [6, 6.07) is 9.73. The molecule has 1 N–H and O–H groups in total. The molecule has 10 heteroatoms. The van der Waals surface area contributed by atoms with Gasteiger partial charge in [0.05, 0.1) is 23.4 Å². The molecule has 0 bridgehead atoms. The van der Waals surface area contributed by atoms with E-state index in [2.05, 4.69) is 20.8 Å². The number of hydrogen-bond donors (Lipinski definition) is 1. The van der Waals surface area contributed by atoms with Gasteiger partial charge in [-0.05, 0) is 46.8 Å². The van der Waals surface area contributed by atoms with Crippen LogP contribution in [0, 0.1) is 5.82 Å². The number of tetrazole rings is 1. The van der Waals surface area contributed by atoms with Crippen LogP contribution in [0.1, 0.15) is 21.7 Å². The van der Waals surface area contributed by atoms with Crippen LogP contribution in [0.3, 0.4) is 0 Å². The summed E-state index contributed by atoms with van der Waals surface area (Å²) in [5, 5.41) is 13.3. The maximum absolute atomic E-state index is 13.0. The third kappa shape index (κ3) is 3.68. The highest BCUT2D eigenvalue weighted by atomic mass is 19.4. The molecular formula is C16H11F4N5O. The van der Waals surface area contributed by atoms with Gasteiger partial charge in [0.2, 0.25) is 0 Å².